The van der Waals surface area contributed by atoms with Crippen LogP contribution in [0.1, 0.15) is 245 Å². The van der Waals surface area contributed by atoms with Gasteiger partial charge in [-0.25, -0.2) is 4.79 Å². The largest absolute Gasteiger partial charge is 0.466 e. The van der Waals surface area contributed by atoms with Gasteiger partial charge in [0.15, 0.2) is 0 Å². The number of esters is 1. The molecule has 1 saturated carbocycles. The fraction of sp³-hybridized carbons (Fsp3) is 0.494. The van der Waals surface area contributed by atoms with Crippen LogP contribution in [0.5, 0.6) is 0 Å². The van der Waals surface area contributed by atoms with Gasteiger partial charge in [0.2, 0.25) is 0 Å². The van der Waals surface area contributed by atoms with Crippen molar-refractivity contribution in [2.75, 3.05) is 26.4 Å². The maximum Gasteiger partial charge on any atom is 0.407 e. The molecule has 0 radical (unpaired) electrons. The topological polar surface area (TPSA) is 153 Å². The van der Waals surface area contributed by atoms with Crippen LogP contribution in [0.4, 0.5) is 4.79 Å². The van der Waals surface area contributed by atoms with Gasteiger partial charge in [-0.05, 0) is 185 Å². The van der Waals surface area contributed by atoms with Gasteiger partial charge in [-0.3, -0.25) is 4.79 Å². The van der Waals surface area contributed by atoms with Crippen molar-refractivity contribution in [3.63, 3.8) is 0 Å². The van der Waals surface area contributed by atoms with Crippen LogP contribution in [0.2, 0.25) is 0 Å². The summed E-state index contributed by atoms with van der Waals surface area (Å²) in [6.45, 7) is 50.0. The fourth-order valence-corrected chi connectivity index (χ4v) is 12.1. The molecule has 10 aromatic rings. The van der Waals surface area contributed by atoms with Crippen molar-refractivity contribution in [3.05, 3.63) is 178 Å². The average molecular weight is 1280 g/mol. The van der Waals surface area contributed by atoms with Gasteiger partial charge in [-0.15, -0.1) is 0 Å². The first kappa shape index (κ1) is 73.9. The molecule has 11 rings (SSSR count). The lowest BCUT2D eigenvalue weighted by atomic mass is 9.86. The fourth-order valence-electron chi connectivity index (χ4n) is 12.1. The van der Waals surface area contributed by atoms with E-state index in [4.69, 9.17) is 14.2 Å². The number of alkyl carbamates (subject to hydrolysis) is 1. The average Bonchev–Trinajstić information content (AvgIpc) is 1.64. The van der Waals surface area contributed by atoms with Gasteiger partial charge in [0.05, 0.1) is 19.6 Å². The van der Waals surface area contributed by atoms with E-state index < -0.39 is 5.60 Å². The van der Waals surface area contributed by atoms with E-state index in [0.29, 0.717) is 25.5 Å². The quantitative estimate of drug-likeness (QED) is 0.0531. The SMILES string of the molecule is CC(C)(C)OC(=O)NCCc1c[nH]c2cc(C(C)(C)C)ccc12.CC(C)(C)c1ccc2c(C3CCCC3)c[nH]c2c1.CC(C)c1c[nH]c2cc(C(C)(C)C)ccc12.CCOC(=O)Cc1c[nH]c2cc(C(C)(C)C)ccc12.CCOCCc1c[nH]c2cc(C(C)(C)C)ccc12. The standard InChI is InChI=1S/C19H28N2O2.C17H23N.C16H21NO2.C16H23NO.C15H21N/c1-18(2,3)14-7-8-15-13(12-21-16(15)11-14)9-10-20-17(22)23-19(4,5)6;1-17(2,3)13-8-9-14-15(11-18-16(14)10-13)12-6-4-5-7-12;1-5-19-15(18)8-11-10-17-14-9-12(16(2,3)4)6-7-13(11)14;1-5-18-9-8-12-11-17-15-10-13(16(2,3)4)6-7-14(12)15;1-10(2)13-9-16-14-8-11(15(3,4)5)6-7-12(13)14/h7-8,11-12,21H,9-10H2,1-6H3,(H,20,22);8-12,18H,4-7H2,1-3H3;6-7,9-10,17H,5,8H2,1-4H3;6-7,10-11,17H,5,8-9H2,1-4H3;6-10,16H,1-5H3. The summed E-state index contributed by atoms with van der Waals surface area (Å²) in [5.74, 6) is 1.19. The van der Waals surface area contributed by atoms with E-state index in [2.05, 4.69) is 258 Å². The molecule has 11 heteroatoms. The number of amides is 1. The second-order valence-electron chi connectivity index (χ2n) is 32.2. The Kier molecular flexibility index (Phi) is 24.3. The van der Waals surface area contributed by atoms with Crippen LogP contribution in [0.15, 0.2) is 122 Å². The smallest absolute Gasteiger partial charge is 0.407 e. The molecule has 0 spiro atoms. The van der Waals surface area contributed by atoms with Crippen molar-refractivity contribution in [2.24, 2.45) is 0 Å². The van der Waals surface area contributed by atoms with Gasteiger partial charge in [-0.2, -0.15) is 0 Å². The number of fused-ring (bicyclic) bond motifs is 5. The van der Waals surface area contributed by atoms with Crippen molar-refractivity contribution < 1.29 is 23.8 Å². The van der Waals surface area contributed by atoms with E-state index in [1.165, 1.54) is 108 Å². The van der Waals surface area contributed by atoms with E-state index in [-0.39, 0.29) is 39.1 Å². The monoisotopic (exact) mass is 1280 g/mol. The third kappa shape index (κ3) is 20.3. The van der Waals surface area contributed by atoms with Gasteiger partial charge in [-0.1, -0.05) is 191 Å². The zero-order valence-electron chi connectivity index (χ0n) is 61.5. The van der Waals surface area contributed by atoms with Gasteiger partial charge in [0, 0.05) is 98.7 Å². The molecule has 0 saturated heterocycles. The minimum atomic E-state index is -0.464. The van der Waals surface area contributed by atoms with Crippen LogP contribution in [-0.4, -0.2) is 68.9 Å². The second kappa shape index (κ2) is 30.9. The molecule has 0 atom stereocenters. The summed E-state index contributed by atoms with van der Waals surface area (Å²) >= 11 is 0. The molecule has 94 heavy (non-hydrogen) atoms. The molecule has 508 valence electrons. The number of hydrogen-bond acceptors (Lipinski definition) is 5. The Balaban J connectivity index is 0.000000167. The molecule has 1 amide bonds. The lowest BCUT2D eigenvalue weighted by Gasteiger charge is -2.19. The van der Waals surface area contributed by atoms with Crippen LogP contribution in [0.25, 0.3) is 54.5 Å². The van der Waals surface area contributed by atoms with Gasteiger partial charge < -0.3 is 44.4 Å². The zero-order chi connectivity index (χ0) is 69.1. The number of aromatic amines is 5. The molecule has 5 aromatic carbocycles. The molecular weight excluding hydrogens is 1160 g/mol. The second-order valence-corrected chi connectivity index (χ2v) is 32.2. The highest BCUT2D eigenvalue weighted by molar-refractivity contribution is 5.89. The summed E-state index contributed by atoms with van der Waals surface area (Å²) in [6, 6.07) is 33.4. The van der Waals surface area contributed by atoms with Gasteiger partial charge >= 0.3 is 12.1 Å². The number of H-pyrrole nitrogens is 5. The number of carbonyl (C=O) groups excluding carboxylic acids is 2. The molecule has 5 heterocycles. The van der Waals surface area contributed by atoms with Crippen LogP contribution in [0.3, 0.4) is 0 Å². The Morgan fingerprint density at radius 3 is 1.26 bits per heavy atom. The normalized spacial score (nSPS) is 13.3. The molecule has 5 aromatic heterocycles. The predicted octanol–water partition coefficient (Wildman–Crippen LogP) is 21.9. The van der Waals surface area contributed by atoms with Crippen LogP contribution in [0, 0.1) is 0 Å². The molecule has 0 aliphatic heterocycles. The third-order valence-corrected chi connectivity index (χ3v) is 17.9. The first-order valence-electron chi connectivity index (χ1n) is 34.7. The molecule has 1 aliphatic carbocycles. The van der Waals surface area contributed by atoms with Crippen LogP contribution >= 0.6 is 0 Å². The van der Waals surface area contributed by atoms with E-state index in [9.17, 15) is 9.59 Å². The van der Waals surface area contributed by atoms with Crippen molar-refractivity contribution in [1.29, 1.82) is 0 Å². The minimum Gasteiger partial charge on any atom is -0.466 e. The number of rotatable bonds is 12. The van der Waals surface area contributed by atoms with Gasteiger partial charge in [0.25, 0.3) is 0 Å². The zero-order valence-corrected chi connectivity index (χ0v) is 61.5. The Bertz CT molecular complexity index is 4070. The molecule has 6 N–H and O–H groups in total. The first-order chi connectivity index (χ1) is 43.9. The number of nitrogens with one attached hydrogen (secondary N) is 6. The highest BCUT2D eigenvalue weighted by Gasteiger charge is 2.24. The number of ether oxygens (including phenoxy) is 3. The summed E-state index contributed by atoms with van der Waals surface area (Å²) in [6.07, 6.45) is 17.6. The molecule has 0 unspecified atom stereocenters. The number of hydrogen-bond donors (Lipinski definition) is 6. The lowest BCUT2D eigenvalue weighted by molar-refractivity contribution is -0.142. The third-order valence-electron chi connectivity index (χ3n) is 17.9. The Morgan fingerprint density at radius 1 is 0.468 bits per heavy atom. The highest BCUT2D eigenvalue weighted by Crippen LogP contribution is 2.39. The lowest BCUT2D eigenvalue weighted by Crippen LogP contribution is -2.33. The van der Waals surface area contributed by atoms with Crippen LogP contribution in [-0.2, 0) is 65.3 Å². The Morgan fingerprint density at radius 2 is 0.840 bits per heavy atom. The minimum absolute atomic E-state index is 0.126. The van der Waals surface area contributed by atoms with E-state index >= 15 is 0 Å². The number of aromatic nitrogens is 5. The Hall–Kier alpha value is -7.50. The molecular formula is C83H116N6O5. The van der Waals surface area contributed by atoms with E-state index in [1.807, 2.05) is 47.0 Å². The summed E-state index contributed by atoms with van der Waals surface area (Å²) in [4.78, 5) is 40.0. The molecule has 11 nitrogen and oxygen atoms in total. The van der Waals surface area contributed by atoms with Crippen LogP contribution < -0.4 is 5.32 Å². The van der Waals surface area contributed by atoms with E-state index in [1.54, 1.807) is 5.56 Å². The van der Waals surface area contributed by atoms with Crippen molar-refractivity contribution in [3.8, 4) is 0 Å². The summed E-state index contributed by atoms with van der Waals surface area (Å²) in [5, 5.41) is 9.24. The molecule has 1 fully saturated rings. The van der Waals surface area contributed by atoms with Crippen molar-refractivity contribution >= 4 is 66.6 Å². The Labute approximate surface area is 563 Å². The van der Waals surface area contributed by atoms with E-state index in [0.717, 1.165) is 54.0 Å². The predicted molar refractivity (Wildman–Crippen MR) is 399 cm³/mol. The number of benzene rings is 5. The highest BCUT2D eigenvalue weighted by atomic mass is 16.6. The first-order valence-corrected chi connectivity index (χ1v) is 34.7. The maximum absolute atomic E-state index is 11.7. The molecule has 0 bridgehead atoms. The number of carbonyl (C=O) groups is 2. The van der Waals surface area contributed by atoms with Crippen molar-refractivity contribution in [2.45, 2.75) is 242 Å². The molecule has 1 aliphatic rings. The maximum atomic E-state index is 11.7. The van der Waals surface area contributed by atoms with Gasteiger partial charge in [0.1, 0.15) is 5.60 Å². The summed E-state index contributed by atoms with van der Waals surface area (Å²) in [7, 11) is 0. The summed E-state index contributed by atoms with van der Waals surface area (Å²) < 4.78 is 15.6. The summed E-state index contributed by atoms with van der Waals surface area (Å²) in [5.41, 5.74) is 19.7. The van der Waals surface area contributed by atoms with Crippen molar-refractivity contribution in [1.82, 2.24) is 30.2 Å².